The quantitative estimate of drug-likeness (QED) is 0.540. The summed E-state index contributed by atoms with van der Waals surface area (Å²) in [4.78, 5) is 20.9. The first kappa shape index (κ1) is 14.6. The number of carbonyl (C=O) groups excluding carboxylic acids is 2. The van der Waals surface area contributed by atoms with Crippen molar-refractivity contribution in [2.45, 2.75) is 6.18 Å². The van der Waals surface area contributed by atoms with Crippen LogP contribution in [0.25, 0.3) is 0 Å². The van der Waals surface area contributed by atoms with E-state index in [1.165, 1.54) is 0 Å². The predicted molar refractivity (Wildman–Crippen MR) is 47.5 cm³/mol. The first-order valence-corrected chi connectivity index (χ1v) is 4.26. The number of ether oxygens (including phenoxy) is 1. The van der Waals surface area contributed by atoms with Gasteiger partial charge in [-0.3, -0.25) is 10.1 Å². The van der Waals surface area contributed by atoms with Gasteiger partial charge in [-0.2, -0.15) is 13.2 Å². The van der Waals surface area contributed by atoms with Gasteiger partial charge in [-0.05, 0) is 0 Å². The van der Waals surface area contributed by atoms with Crippen molar-refractivity contribution in [2.24, 2.45) is 5.73 Å². The van der Waals surface area contributed by atoms with Crippen LogP contribution in [0.2, 0.25) is 0 Å². The predicted octanol–water partition coefficient (Wildman–Crippen LogP) is -0.650. The number of halogens is 3. The Hall–Kier alpha value is -1.35. The Labute approximate surface area is 89.3 Å². The highest BCUT2D eigenvalue weighted by Crippen LogP contribution is 2.13. The highest BCUT2D eigenvalue weighted by molar-refractivity contribution is 5.94. The minimum atomic E-state index is -4.36. The van der Waals surface area contributed by atoms with Crippen LogP contribution in [-0.2, 0) is 9.53 Å². The molecule has 0 fully saturated rings. The lowest BCUT2D eigenvalue weighted by atomic mass is 10.5. The van der Waals surface area contributed by atoms with E-state index in [0.717, 1.165) is 0 Å². The second-order valence-electron chi connectivity index (χ2n) is 2.76. The molecule has 6 nitrogen and oxygen atoms in total. The van der Waals surface area contributed by atoms with Crippen molar-refractivity contribution in [3.63, 3.8) is 0 Å². The van der Waals surface area contributed by atoms with Crippen LogP contribution in [0.5, 0.6) is 0 Å². The standard InChI is InChI=1S/C7H12F3N3O3/c8-7(9,10)4-16-2-1-12-3-5(14)13-6(11)15/h12H,1-4H2,(H3,11,13,14,15). The second-order valence-corrected chi connectivity index (χ2v) is 2.76. The van der Waals surface area contributed by atoms with Gasteiger partial charge in [-0.15, -0.1) is 0 Å². The van der Waals surface area contributed by atoms with Crippen molar-refractivity contribution in [1.82, 2.24) is 10.6 Å². The summed E-state index contributed by atoms with van der Waals surface area (Å²) in [6.45, 7) is -1.69. The Kier molecular flexibility index (Phi) is 6.42. The molecule has 0 bridgehead atoms. The zero-order valence-corrected chi connectivity index (χ0v) is 8.26. The normalized spacial score (nSPS) is 11.2. The van der Waals surface area contributed by atoms with Gasteiger partial charge < -0.3 is 15.8 Å². The molecule has 0 saturated carbocycles. The second kappa shape index (κ2) is 7.01. The summed E-state index contributed by atoms with van der Waals surface area (Å²) < 4.78 is 39.0. The molecule has 0 heterocycles. The van der Waals surface area contributed by atoms with Crippen LogP contribution in [0, 0.1) is 0 Å². The Balaban J connectivity index is 3.34. The van der Waals surface area contributed by atoms with E-state index in [1.807, 2.05) is 0 Å². The molecule has 0 aliphatic carbocycles. The van der Waals surface area contributed by atoms with E-state index in [2.05, 4.69) is 15.8 Å². The van der Waals surface area contributed by atoms with Gasteiger partial charge in [0, 0.05) is 6.54 Å². The van der Waals surface area contributed by atoms with Crippen LogP contribution in [0.4, 0.5) is 18.0 Å². The first-order chi connectivity index (χ1) is 7.31. The summed E-state index contributed by atoms with van der Waals surface area (Å²) in [6.07, 6.45) is -4.36. The molecule has 0 saturated heterocycles. The van der Waals surface area contributed by atoms with Gasteiger partial charge in [0.2, 0.25) is 5.91 Å². The van der Waals surface area contributed by atoms with Crippen LogP contribution >= 0.6 is 0 Å². The highest BCUT2D eigenvalue weighted by atomic mass is 19.4. The third-order valence-corrected chi connectivity index (χ3v) is 1.24. The SMILES string of the molecule is NC(=O)NC(=O)CNCCOCC(F)(F)F. The summed E-state index contributed by atoms with van der Waals surface area (Å²) in [5.41, 5.74) is 4.64. The number of primary amides is 1. The number of carbonyl (C=O) groups is 2. The Morgan fingerprint density at radius 2 is 1.94 bits per heavy atom. The third-order valence-electron chi connectivity index (χ3n) is 1.24. The van der Waals surface area contributed by atoms with Crippen molar-refractivity contribution >= 4 is 11.9 Å². The number of imide groups is 1. The summed E-state index contributed by atoms with van der Waals surface area (Å²) in [6, 6.07) is -0.986. The molecule has 0 aromatic rings. The topological polar surface area (TPSA) is 93.5 Å². The van der Waals surface area contributed by atoms with Crippen molar-refractivity contribution in [2.75, 3.05) is 26.3 Å². The maximum Gasteiger partial charge on any atom is 0.411 e. The number of hydrogen-bond donors (Lipinski definition) is 3. The summed E-state index contributed by atoms with van der Waals surface area (Å²) >= 11 is 0. The molecule has 4 N–H and O–H groups in total. The van der Waals surface area contributed by atoms with Crippen LogP contribution in [0.1, 0.15) is 0 Å². The Morgan fingerprint density at radius 3 is 2.44 bits per heavy atom. The number of nitrogens with one attached hydrogen (secondary N) is 2. The van der Waals surface area contributed by atoms with E-state index in [-0.39, 0.29) is 19.7 Å². The smallest absolute Gasteiger partial charge is 0.371 e. The molecule has 0 aliphatic heterocycles. The number of hydrogen-bond acceptors (Lipinski definition) is 4. The average Bonchev–Trinajstić information content (AvgIpc) is 2.07. The lowest BCUT2D eigenvalue weighted by molar-refractivity contribution is -0.173. The van der Waals surface area contributed by atoms with Gasteiger partial charge in [0.1, 0.15) is 6.61 Å². The fourth-order valence-corrected chi connectivity index (χ4v) is 0.716. The average molecular weight is 243 g/mol. The minimum Gasteiger partial charge on any atom is -0.371 e. The molecular formula is C7H12F3N3O3. The van der Waals surface area contributed by atoms with Crippen molar-refractivity contribution in [3.05, 3.63) is 0 Å². The molecule has 0 radical (unpaired) electrons. The number of nitrogens with two attached hydrogens (primary N) is 1. The van der Waals surface area contributed by atoms with Crippen molar-refractivity contribution in [3.8, 4) is 0 Å². The molecule has 16 heavy (non-hydrogen) atoms. The molecule has 9 heteroatoms. The fraction of sp³-hybridized carbons (Fsp3) is 0.714. The monoisotopic (exact) mass is 243 g/mol. The van der Waals surface area contributed by atoms with E-state index < -0.39 is 24.7 Å². The van der Waals surface area contributed by atoms with Crippen LogP contribution in [0.3, 0.4) is 0 Å². The molecule has 94 valence electrons. The Morgan fingerprint density at radius 1 is 1.31 bits per heavy atom. The number of urea groups is 1. The van der Waals surface area contributed by atoms with Gasteiger partial charge >= 0.3 is 12.2 Å². The van der Waals surface area contributed by atoms with Crippen molar-refractivity contribution < 1.29 is 27.5 Å². The van der Waals surface area contributed by atoms with Gasteiger partial charge in [0.25, 0.3) is 0 Å². The van der Waals surface area contributed by atoms with Crippen LogP contribution < -0.4 is 16.4 Å². The molecular weight excluding hydrogens is 231 g/mol. The fourth-order valence-electron chi connectivity index (χ4n) is 0.716. The maximum absolute atomic E-state index is 11.6. The van der Waals surface area contributed by atoms with E-state index in [1.54, 1.807) is 5.32 Å². The molecule has 0 aliphatic rings. The van der Waals surface area contributed by atoms with Gasteiger partial charge in [0.15, 0.2) is 0 Å². The van der Waals surface area contributed by atoms with Gasteiger partial charge in [0.05, 0.1) is 13.2 Å². The number of alkyl halides is 3. The summed E-state index contributed by atoms with van der Waals surface area (Å²) in [7, 11) is 0. The van der Waals surface area contributed by atoms with E-state index >= 15 is 0 Å². The Bertz CT molecular complexity index is 245. The lowest BCUT2D eigenvalue weighted by Gasteiger charge is -2.08. The van der Waals surface area contributed by atoms with Crippen LogP contribution in [0.15, 0.2) is 0 Å². The largest absolute Gasteiger partial charge is 0.411 e. The molecule has 0 atom stereocenters. The van der Waals surface area contributed by atoms with Crippen molar-refractivity contribution in [1.29, 1.82) is 0 Å². The number of amides is 3. The zero-order valence-electron chi connectivity index (χ0n) is 8.26. The van der Waals surface area contributed by atoms with E-state index in [9.17, 15) is 22.8 Å². The number of rotatable bonds is 6. The summed E-state index contributed by atoms with van der Waals surface area (Å²) in [5.74, 6) is -0.664. The molecule has 0 spiro atoms. The molecule has 0 rings (SSSR count). The van der Waals surface area contributed by atoms with Gasteiger partial charge in [-0.1, -0.05) is 0 Å². The minimum absolute atomic E-state index is 0.0578. The third kappa shape index (κ3) is 10.7. The van der Waals surface area contributed by atoms with Crippen LogP contribution in [-0.4, -0.2) is 44.4 Å². The lowest BCUT2D eigenvalue weighted by Crippen LogP contribution is -2.41. The van der Waals surface area contributed by atoms with Gasteiger partial charge in [-0.25, -0.2) is 4.79 Å². The van der Waals surface area contributed by atoms with E-state index in [0.29, 0.717) is 0 Å². The zero-order chi connectivity index (χ0) is 12.6. The maximum atomic E-state index is 11.6. The molecule has 0 aromatic heterocycles. The molecule has 0 aromatic carbocycles. The van der Waals surface area contributed by atoms with E-state index in [4.69, 9.17) is 0 Å². The first-order valence-electron chi connectivity index (χ1n) is 4.26. The molecule has 3 amide bonds. The highest BCUT2D eigenvalue weighted by Gasteiger charge is 2.27. The molecule has 0 unspecified atom stereocenters. The summed E-state index contributed by atoms with van der Waals surface area (Å²) in [5, 5.41) is 4.24.